The molecule has 0 radical (unpaired) electrons. The van der Waals surface area contributed by atoms with Crippen molar-refractivity contribution in [2.75, 3.05) is 31.6 Å². The molecule has 4 N–H and O–H groups in total. The molecule has 0 aliphatic rings. The Bertz CT molecular complexity index is 1160. The summed E-state index contributed by atoms with van der Waals surface area (Å²) in [5, 5.41) is 15.1. The number of hydrogen-bond acceptors (Lipinski definition) is 8. The molecule has 2 amide bonds. The van der Waals surface area contributed by atoms with Crippen molar-refractivity contribution >= 4 is 29.3 Å². The summed E-state index contributed by atoms with van der Waals surface area (Å²) in [4.78, 5) is 26.4. The molecule has 1 aromatic heterocycles. The van der Waals surface area contributed by atoms with Crippen molar-refractivity contribution < 1.29 is 18.7 Å². The van der Waals surface area contributed by atoms with E-state index in [1.807, 2.05) is 52.0 Å². The third-order valence-corrected chi connectivity index (χ3v) is 7.98. The molecule has 0 unspecified atom stereocenters. The Morgan fingerprint density at radius 2 is 1.48 bits per heavy atom. The van der Waals surface area contributed by atoms with Gasteiger partial charge in [-0.1, -0.05) is 81.0 Å². The van der Waals surface area contributed by atoms with Crippen molar-refractivity contribution in [3.05, 3.63) is 24.3 Å². The molecule has 0 saturated carbocycles. The maximum atomic E-state index is 13.2. The summed E-state index contributed by atoms with van der Waals surface area (Å²) >= 11 is 1.51. The number of amides is 2. The molecular formula is C32H53N5O4S. The minimum Gasteiger partial charge on any atom is -0.411 e. The second-order valence-corrected chi connectivity index (χ2v) is 15.9. The summed E-state index contributed by atoms with van der Waals surface area (Å²) < 4.78 is 11.7. The minimum atomic E-state index is -0.779. The van der Waals surface area contributed by atoms with E-state index in [0.717, 1.165) is 18.4 Å². The van der Waals surface area contributed by atoms with Gasteiger partial charge in [0.1, 0.15) is 0 Å². The van der Waals surface area contributed by atoms with Crippen LogP contribution in [0, 0.1) is 21.7 Å². The van der Waals surface area contributed by atoms with E-state index in [4.69, 9.17) is 14.9 Å². The van der Waals surface area contributed by atoms with Crippen LogP contribution in [-0.4, -0.2) is 53.6 Å². The first-order chi connectivity index (χ1) is 19.4. The van der Waals surface area contributed by atoms with E-state index in [9.17, 15) is 9.59 Å². The molecule has 2 rings (SSSR count). The summed E-state index contributed by atoms with van der Waals surface area (Å²) in [7, 11) is 0. The zero-order valence-electron chi connectivity index (χ0n) is 27.3. The zero-order valence-corrected chi connectivity index (χ0v) is 28.2. The van der Waals surface area contributed by atoms with E-state index in [2.05, 4.69) is 62.4 Å². The Hall–Kier alpha value is -2.43. The van der Waals surface area contributed by atoms with Crippen LogP contribution in [0.1, 0.15) is 88.5 Å². The van der Waals surface area contributed by atoms with E-state index in [-0.39, 0.29) is 22.6 Å². The highest BCUT2D eigenvalue weighted by molar-refractivity contribution is 7.99. The molecular weight excluding hydrogens is 550 g/mol. The maximum Gasteiger partial charge on any atom is 0.277 e. The van der Waals surface area contributed by atoms with Crippen LogP contribution in [0.4, 0.5) is 5.69 Å². The Morgan fingerprint density at radius 1 is 0.905 bits per heavy atom. The lowest BCUT2D eigenvalue weighted by Crippen LogP contribution is -2.44. The third kappa shape index (κ3) is 11.7. The molecule has 42 heavy (non-hydrogen) atoms. The predicted molar refractivity (Wildman–Crippen MR) is 171 cm³/mol. The number of nitrogens with two attached hydrogens (primary N) is 1. The highest BCUT2D eigenvalue weighted by atomic mass is 32.2. The highest BCUT2D eigenvalue weighted by Gasteiger charge is 2.39. The fourth-order valence-electron chi connectivity index (χ4n) is 4.73. The summed E-state index contributed by atoms with van der Waals surface area (Å²) in [5.41, 5.74) is 5.59. The van der Waals surface area contributed by atoms with Gasteiger partial charge in [0.05, 0.1) is 13.2 Å². The van der Waals surface area contributed by atoms with Crippen LogP contribution >= 0.6 is 11.8 Å². The quantitative estimate of drug-likeness (QED) is 0.174. The van der Waals surface area contributed by atoms with Crippen LogP contribution in [0.5, 0.6) is 0 Å². The number of carbonyl (C=O) groups is 2. The molecule has 0 saturated heterocycles. The zero-order chi connectivity index (χ0) is 31.8. The van der Waals surface area contributed by atoms with Gasteiger partial charge >= 0.3 is 0 Å². The smallest absolute Gasteiger partial charge is 0.277 e. The first-order valence-corrected chi connectivity index (χ1v) is 15.7. The number of rotatable bonds is 17. The Morgan fingerprint density at radius 3 is 2.05 bits per heavy atom. The summed E-state index contributed by atoms with van der Waals surface area (Å²) in [6, 6.07) is 7.30. The van der Waals surface area contributed by atoms with Crippen molar-refractivity contribution in [3.8, 4) is 11.5 Å². The summed E-state index contributed by atoms with van der Waals surface area (Å²) in [5.74, 6) is 0.218. The van der Waals surface area contributed by atoms with Crippen LogP contribution in [0.2, 0.25) is 0 Å². The van der Waals surface area contributed by atoms with Gasteiger partial charge in [-0.05, 0) is 60.9 Å². The monoisotopic (exact) mass is 603 g/mol. The third-order valence-electron chi connectivity index (χ3n) is 7.14. The first kappa shape index (κ1) is 35.8. The van der Waals surface area contributed by atoms with Crippen molar-refractivity contribution in [1.29, 1.82) is 0 Å². The average Bonchev–Trinajstić information content (AvgIpc) is 3.31. The van der Waals surface area contributed by atoms with Gasteiger partial charge < -0.3 is 25.5 Å². The average molecular weight is 604 g/mol. The van der Waals surface area contributed by atoms with Crippen molar-refractivity contribution in [3.63, 3.8) is 0 Å². The number of nitrogens with zero attached hydrogens (tertiary/aromatic N) is 2. The normalized spacial score (nSPS) is 13.0. The summed E-state index contributed by atoms with van der Waals surface area (Å²) in [6.07, 6.45) is 2.09. The van der Waals surface area contributed by atoms with Gasteiger partial charge in [0.2, 0.25) is 17.7 Å². The lowest BCUT2D eigenvalue weighted by molar-refractivity contribution is -0.133. The molecule has 236 valence electrons. The number of nitrogens with one attached hydrogen (secondary N) is 2. The maximum absolute atomic E-state index is 13.2. The number of hydrogen-bond donors (Lipinski definition) is 3. The van der Waals surface area contributed by atoms with E-state index in [1.165, 1.54) is 11.8 Å². The van der Waals surface area contributed by atoms with Crippen LogP contribution in [0.15, 0.2) is 33.9 Å². The fraction of sp³-hybridized carbons (Fsp3) is 0.688. The summed E-state index contributed by atoms with van der Waals surface area (Å²) in [6.45, 7) is 22.7. The van der Waals surface area contributed by atoms with Gasteiger partial charge in [0.15, 0.2) is 0 Å². The number of aromatic nitrogens is 2. The number of ether oxygens (including phenoxy) is 1. The second-order valence-electron chi connectivity index (χ2n) is 14.4. The van der Waals surface area contributed by atoms with Gasteiger partial charge in [0, 0.05) is 33.9 Å². The molecule has 0 fully saturated rings. The molecule has 0 spiro atoms. The van der Waals surface area contributed by atoms with Gasteiger partial charge in [-0.3, -0.25) is 9.59 Å². The van der Waals surface area contributed by atoms with Crippen LogP contribution in [0.3, 0.4) is 0 Å². The Balaban J connectivity index is 1.87. The molecule has 0 aliphatic carbocycles. The largest absolute Gasteiger partial charge is 0.411 e. The fourth-order valence-corrected chi connectivity index (χ4v) is 5.35. The van der Waals surface area contributed by atoms with E-state index >= 15 is 0 Å². The molecule has 0 aliphatic heterocycles. The molecule has 2 aromatic rings. The predicted octanol–water partition coefficient (Wildman–Crippen LogP) is 6.54. The van der Waals surface area contributed by atoms with Crippen molar-refractivity contribution in [2.45, 2.75) is 99.0 Å². The molecule has 0 atom stereocenters. The van der Waals surface area contributed by atoms with Crippen LogP contribution < -0.4 is 16.4 Å². The molecule has 10 heteroatoms. The topological polar surface area (TPSA) is 132 Å². The molecule has 1 aromatic carbocycles. The van der Waals surface area contributed by atoms with Gasteiger partial charge in [-0.25, -0.2) is 0 Å². The first-order valence-electron chi connectivity index (χ1n) is 14.8. The second kappa shape index (κ2) is 14.8. The number of anilines is 1. The van der Waals surface area contributed by atoms with Gasteiger partial charge in [0.25, 0.3) is 5.22 Å². The Kier molecular flexibility index (Phi) is 12.6. The lowest BCUT2D eigenvalue weighted by Gasteiger charge is -2.33. The van der Waals surface area contributed by atoms with Crippen LogP contribution in [0.25, 0.3) is 11.5 Å². The van der Waals surface area contributed by atoms with E-state index in [0.29, 0.717) is 54.8 Å². The molecule has 0 bridgehead atoms. The van der Waals surface area contributed by atoms with Crippen LogP contribution in [-0.2, 0) is 14.3 Å². The molecule has 9 nitrogen and oxygen atoms in total. The number of carbonyl (C=O) groups excluding carboxylic acids is 2. The standard InChI is InChI=1S/C32H53N5O4S/c1-22(2)42-28-37-36-25(41-28)23-11-13-24(14-12-23)35-27(39)32(9,10)19-31(7,8)26(38)34-18-16-30(5,6)21-40-20-29(3,4)15-17-33/h11-14,22H,15-21,33H2,1-10H3,(H,34,38)(H,35,39). The Labute approximate surface area is 256 Å². The SMILES string of the molecule is CC(C)Sc1nnc(-c2ccc(NC(=O)C(C)(C)CC(C)(C)C(=O)NCCC(C)(C)COCC(C)(C)CCN)cc2)o1. The van der Waals surface area contributed by atoms with Gasteiger partial charge in [-0.2, -0.15) is 0 Å². The molecule has 1 heterocycles. The van der Waals surface area contributed by atoms with E-state index in [1.54, 1.807) is 0 Å². The van der Waals surface area contributed by atoms with Crippen molar-refractivity contribution in [1.82, 2.24) is 15.5 Å². The minimum absolute atomic E-state index is 0.0531. The van der Waals surface area contributed by atoms with Gasteiger partial charge in [-0.15, -0.1) is 10.2 Å². The van der Waals surface area contributed by atoms with E-state index < -0.39 is 10.8 Å². The number of thioether (sulfide) groups is 1. The number of benzene rings is 1. The highest BCUT2D eigenvalue weighted by Crippen LogP contribution is 2.35. The lowest BCUT2D eigenvalue weighted by atomic mass is 9.74. The van der Waals surface area contributed by atoms with Crippen molar-refractivity contribution in [2.24, 2.45) is 27.4 Å².